The molecule has 0 heterocycles. The second-order valence-electron chi connectivity index (χ2n) is 6.39. The Morgan fingerprint density at radius 1 is 0.774 bits per heavy atom. The Labute approximate surface area is 175 Å². The van der Waals surface area contributed by atoms with Gasteiger partial charge in [0, 0.05) is 6.42 Å². The number of hydrogen-bond donors (Lipinski definition) is 0. The fraction of sp³-hybridized carbons (Fsp3) is 0.684. The summed E-state index contributed by atoms with van der Waals surface area (Å²) in [6.07, 6.45) is -11.0. The van der Waals surface area contributed by atoms with E-state index in [-0.39, 0.29) is 0 Å². The molecule has 0 radical (unpaired) electrons. The lowest BCUT2D eigenvalue weighted by molar-refractivity contribution is -0.402. The van der Waals surface area contributed by atoms with E-state index in [2.05, 4.69) is 63.8 Å². The van der Waals surface area contributed by atoms with Gasteiger partial charge in [0.15, 0.2) is 6.67 Å². The minimum Gasteiger partial charge on any atom is -0.241 e. The molecule has 1 aromatic carbocycles. The van der Waals surface area contributed by atoms with Gasteiger partial charge in [0.05, 0.1) is 0 Å². The first kappa shape index (κ1) is 36.8. The van der Waals surface area contributed by atoms with Crippen molar-refractivity contribution in [2.75, 3.05) is 13.6 Å². The second-order valence-corrected chi connectivity index (χ2v) is 6.39. The lowest BCUT2D eigenvalue weighted by Crippen LogP contribution is -2.40. The molecule has 0 saturated heterocycles. The third-order valence-corrected chi connectivity index (χ3v) is 2.37. The molecular weight excluding hydrogens is 453 g/mol. The molecule has 1 rings (SSSR count). The average Bonchev–Trinajstić information content (AvgIpc) is 2.63. The Hall–Kier alpha value is -1.59. The third-order valence-electron chi connectivity index (χ3n) is 2.37. The summed E-state index contributed by atoms with van der Waals surface area (Å²) in [5, 5.41) is 0. The number of benzene rings is 1. The fourth-order valence-corrected chi connectivity index (χ4v) is 0.936. The maximum atomic E-state index is 12.0. The summed E-state index contributed by atoms with van der Waals surface area (Å²) in [4.78, 5) is 2.16. The van der Waals surface area contributed by atoms with Crippen molar-refractivity contribution in [3.05, 3.63) is 35.4 Å². The highest BCUT2D eigenvalue weighted by molar-refractivity contribution is 5.19. The van der Waals surface area contributed by atoms with Crippen LogP contribution < -0.4 is 0 Å². The lowest BCUT2D eigenvalue weighted by Gasteiger charge is -2.20. The summed E-state index contributed by atoms with van der Waals surface area (Å²) >= 11 is 0. The van der Waals surface area contributed by atoms with Gasteiger partial charge in [-0.3, -0.25) is 0 Å². The Morgan fingerprint density at radius 2 is 1.00 bits per heavy atom. The highest BCUT2D eigenvalue weighted by Gasteiger charge is 2.57. The molecule has 12 heteroatoms. The summed E-state index contributed by atoms with van der Waals surface area (Å²) in [6, 6.07) is 8.48. The minimum absolute atomic E-state index is 0.826. The summed E-state index contributed by atoms with van der Waals surface area (Å²) in [5.74, 6) is -3.31. The molecule has 0 bridgehead atoms. The van der Waals surface area contributed by atoms with Gasteiger partial charge in [-0.15, -0.1) is 4.94 Å². The van der Waals surface area contributed by atoms with Crippen molar-refractivity contribution in [3.8, 4) is 0 Å². The van der Waals surface area contributed by atoms with Gasteiger partial charge in [-0.25, -0.2) is 13.2 Å². The molecule has 1 aromatic rings. The molecule has 0 spiro atoms. The molecule has 0 N–H and O–H groups in total. The Balaban J connectivity index is -0.000000156. The average molecular weight is 482 g/mol. The summed E-state index contributed by atoms with van der Waals surface area (Å²) in [7, 11) is 0. The number of aryl methyl sites for hydroxylation is 2. The van der Waals surface area contributed by atoms with Gasteiger partial charge in [0.2, 0.25) is 6.93 Å². The quantitative estimate of drug-likeness (QED) is 0.383. The highest BCUT2D eigenvalue weighted by Crippen LogP contribution is 2.37. The van der Waals surface area contributed by atoms with E-state index in [9.17, 15) is 48.4 Å². The van der Waals surface area contributed by atoms with E-state index in [1.165, 1.54) is 11.1 Å². The number of alkyl halides is 10. The maximum Gasteiger partial charge on any atom is 0.451 e. The van der Waals surface area contributed by atoms with Gasteiger partial charge in [0.1, 0.15) is 0 Å². The Kier molecular flexibility index (Phi) is 22.7. The smallest absolute Gasteiger partial charge is 0.241 e. The highest BCUT2D eigenvalue weighted by atomic mass is 19.4. The number of rotatable bonds is 2. The zero-order valence-corrected chi connectivity index (χ0v) is 18.1. The first-order chi connectivity index (χ1) is 13.9. The summed E-state index contributed by atoms with van der Waals surface area (Å²) in [5.41, 5.74) is 2.66. The van der Waals surface area contributed by atoms with E-state index in [1.807, 2.05) is 0 Å². The van der Waals surface area contributed by atoms with Crippen LogP contribution in [-0.4, -0.2) is 31.8 Å². The minimum atomic E-state index is -5.31. The molecule has 1 nitrogen and oxygen atoms in total. The topological polar surface area (TPSA) is 9.23 Å². The first-order valence-electron chi connectivity index (χ1n) is 8.70. The standard InChI is InChI=1S/C8H10.C4H5F5O.C4H10.C2H2F4.CH2F2/c1-7-3-5-8(2)6-4-7;1-2-3(5,10-9)4(6,7)8;1-4(2)3;3-1-2(4,5)6;2-1-3/h3-6H,1-2H3;2H2,1H3;4H,1-3H3;1H2;1H2. The molecular formula is C19H29F11O. The summed E-state index contributed by atoms with van der Waals surface area (Å²) in [6.45, 7) is 7.54. The van der Waals surface area contributed by atoms with Crippen molar-refractivity contribution in [2.45, 2.75) is 66.2 Å². The number of hydrogen-bond acceptors (Lipinski definition) is 1. The molecule has 0 saturated carbocycles. The SMILES string of the molecule is CC(C)C.CCC(F)(OF)C(F)(F)F.Cc1ccc(C)cc1.FCC(F)(F)F.FCF. The van der Waals surface area contributed by atoms with E-state index in [0.29, 0.717) is 0 Å². The monoisotopic (exact) mass is 482 g/mol. The molecule has 0 aliphatic heterocycles. The van der Waals surface area contributed by atoms with E-state index in [4.69, 9.17) is 0 Å². The van der Waals surface area contributed by atoms with Crippen LogP contribution in [0.2, 0.25) is 0 Å². The number of halogens is 11. The van der Waals surface area contributed by atoms with Crippen LogP contribution in [0.15, 0.2) is 24.3 Å². The molecule has 0 amide bonds. The maximum absolute atomic E-state index is 12.0. The van der Waals surface area contributed by atoms with Crippen LogP contribution in [0.25, 0.3) is 0 Å². The van der Waals surface area contributed by atoms with Crippen LogP contribution in [0.1, 0.15) is 45.2 Å². The summed E-state index contributed by atoms with van der Waals surface area (Å²) < 4.78 is 118. The molecule has 0 aliphatic rings. The van der Waals surface area contributed by atoms with Gasteiger partial charge in [-0.1, -0.05) is 63.1 Å². The van der Waals surface area contributed by atoms with E-state index in [1.54, 1.807) is 0 Å². The lowest BCUT2D eigenvalue weighted by atomic mass is 10.2. The van der Waals surface area contributed by atoms with E-state index in [0.717, 1.165) is 12.8 Å². The van der Waals surface area contributed by atoms with Crippen LogP contribution in [0.4, 0.5) is 48.4 Å². The van der Waals surface area contributed by atoms with Crippen LogP contribution in [0, 0.1) is 19.8 Å². The Morgan fingerprint density at radius 3 is 1.06 bits per heavy atom. The van der Waals surface area contributed by atoms with Crippen LogP contribution in [0.3, 0.4) is 0 Å². The van der Waals surface area contributed by atoms with Crippen molar-refractivity contribution in [2.24, 2.45) is 5.92 Å². The molecule has 188 valence electrons. The predicted molar refractivity (Wildman–Crippen MR) is 97.9 cm³/mol. The van der Waals surface area contributed by atoms with Crippen molar-refractivity contribution < 1.29 is 53.4 Å². The third kappa shape index (κ3) is 28.4. The molecule has 31 heavy (non-hydrogen) atoms. The zero-order chi connectivity index (χ0) is 25.9. The van der Waals surface area contributed by atoms with E-state index >= 15 is 0 Å². The second kappa shape index (κ2) is 19.1. The fourth-order valence-electron chi connectivity index (χ4n) is 0.936. The zero-order valence-electron chi connectivity index (χ0n) is 18.1. The van der Waals surface area contributed by atoms with E-state index < -0.39 is 38.2 Å². The van der Waals surface area contributed by atoms with Crippen LogP contribution >= 0.6 is 0 Å². The molecule has 1 unspecified atom stereocenters. The van der Waals surface area contributed by atoms with Crippen LogP contribution in [-0.2, 0) is 4.94 Å². The molecule has 1 atom stereocenters. The molecule has 0 aromatic heterocycles. The molecule has 0 fully saturated rings. The largest absolute Gasteiger partial charge is 0.451 e. The van der Waals surface area contributed by atoms with Gasteiger partial charge >= 0.3 is 18.2 Å². The molecule has 0 aliphatic carbocycles. The predicted octanol–water partition coefficient (Wildman–Crippen LogP) is 8.89. The normalized spacial score (nSPS) is 12.5. The van der Waals surface area contributed by atoms with Crippen LogP contribution in [0.5, 0.6) is 0 Å². The van der Waals surface area contributed by atoms with Gasteiger partial charge in [-0.05, 0) is 24.3 Å². The Bertz CT molecular complexity index is 469. The van der Waals surface area contributed by atoms with Crippen molar-refractivity contribution in [3.63, 3.8) is 0 Å². The van der Waals surface area contributed by atoms with Gasteiger partial charge < -0.3 is 0 Å². The van der Waals surface area contributed by atoms with Crippen molar-refractivity contribution in [1.82, 2.24) is 0 Å². The first-order valence-corrected chi connectivity index (χ1v) is 8.70. The van der Waals surface area contributed by atoms with Crippen molar-refractivity contribution >= 4 is 0 Å². The van der Waals surface area contributed by atoms with Gasteiger partial charge in [0.25, 0.3) is 0 Å². The van der Waals surface area contributed by atoms with Gasteiger partial charge in [-0.2, -0.15) is 30.7 Å². The van der Waals surface area contributed by atoms with Crippen molar-refractivity contribution in [1.29, 1.82) is 0 Å².